The minimum Gasteiger partial charge on any atom is -0.508 e. The highest BCUT2D eigenvalue weighted by Crippen LogP contribution is 2.46. The number of nitrogens with one attached hydrogen (secondary N) is 1. The van der Waals surface area contributed by atoms with Gasteiger partial charge in [-0.25, -0.2) is 13.8 Å². The number of fused-ring (bicyclic) bond motifs is 7. The topological polar surface area (TPSA) is 95.9 Å². The summed E-state index contributed by atoms with van der Waals surface area (Å²) < 4.78 is 72.1. The Morgan fingerprint density at radius 1 is 1.15 bits per heavy atom. The zero-order valence-electron chi connectivity index (χ0n) is 26.3. The third kappa shape index (κ3) is 4.46. The minimum atomic E-state index is -1.65. The fourth-order valence-electron chi connectivity index (χ4n) is 8.86. The van der Waals surface area contributed by atoms with Gasteiger partial charge in [0.05, 0.1) is 11.6 Å². The molecule has 4 saturated heterocycles. The molecule has 4 fully saturated rings. The summed E-state index contributed by atoms with van der Waals surface area (Å²) >= 11 is 0. The second-order valence-electron chi connectivity index (χ2n) is 13.8. The highest BCUT2D eigenvalue weighted by atomic mass is 19.3. The zero-order valence-corrected chi connectivity index (χ0v) is 26.3. The van der Waals surface area contributed by atoms with E-state index in [1.807, 2.05) is 11.8 Å². The van der Waals surface area contributed by atoms with Gasteiger partial charge in [-0.1, -0.05) is 13.0 Å². The van der Waals surface area contributed by atoms with Gasteiger partial charge >= 0.3 is 6.01 Å². The molecule has 2 N–H and O–H groups in total. The number of ether oxygens (including phenoxy) is 2. The lowest BCUT2D eigenvalue weighted by atomic mass is 9.94. The highest BCUT2D eigenvalue weighted by Gasteiger charge is 2.49. The Morgan fingerprint density at radius 2 is 2.02 bits per heavy atom. The van der Waals surface area contributed by atoms with Crippen LogP contribution in [-0.4, -0.2) is 81.5 Å². The lowest BCUT2D eigenvalue weighted by molar-refractivity contribution is 0.108. The molecule has 250 valence electrons. The van der Waals surface area contributed by atoms with Crippen molar-refractivity contribution in [1.29, 1.82) is 0 Å². The third-order valence-corrected chi connectivity index (χ3v) is 11.1. The molecule has 2 aromatic heterocycles. The summed E-state index contributed by atoms with van der Waals surface area (Å²) in [6, 6.07) is 5.96. The van der Waals surface area contributed by atoms with Crippen LogP contribution in [0, 0.1) is 11.6 Å². The molecule has 9 nitrogen and oxygen atoms in total. The Kier molecular flexibility index (Phi) is 6.78. The summed E-state index contributed by atoms with van der Waals surface area (Å²) in [6.07, 6.45) is 2.38. The second kappa shape index (κ2) is 10.9. The fraction of sp³-hybridized carbons (Fsp3) is 0.457. The monoisotopic (exact) mass is 662 g/mol. The first-order valence-corrected chi connectivity index (χ1v) is 16.6. The summed E-state index contributed by atoms with van der Waals surface area (Å²) in [5.41, 5.74) is -0.122. The predicted octanol–water partition coefficient (Wildman–Crippen LogP) is 5.86. The molecular formula is C35H34F4N6O3. The number of phenolic OH excluding ortho intramolecular Hbond substituents is 1. The van der Waals surface area contributed by atoms with E-state index in [0.717, 1.165) is 19.3 Å². The van der Waals surface area contributed by atoms with Crippen molar-refractivity contribution in [1.82, 2.24) is 25.2 Å². The zero-order chi connectivity index (χ0) is 32.9. The van der Waals surface area contributed by atoms with Crippen molar-refractivity contribution in [2.24, 2.45) is 0 Å². The van der Waals surface area contributed by atoms with Crippen LogP contribution in [0.25, 0.3) is 32.9 Å². The van der Waals surface area contributed by atoms with Gasteiger partial charge in [0.2, 0.25) is 5.88 Å². The molecule has 0 saturated carbocycles. The molecule has 5 aliphatic heterocycles. The molecule has 5 aliphatic rings. The number of aromatic nitrogens is 3. The van der Waals surface area contributed by atoms with Gasteiger partial charge in [0, 0.05) is 36.3 Å². The molecule has 0 radical (unpaired) electrons. The van der Waals surface area contributed by atoms with Crippen LogP contribution in [0.15, 0.2) is 35.9 Å². The number of hydrogen-bond acceptors (Lipinski definition) is 9. The number of rotatable bonds is 5. The fourth-order valence-corrected chi connectivity index (χ4v) is 8.86. The van der Waals surface area contributed by atoms with E-state index in [4.69, 9.17) is 19.4 Å². The molecule has 0 aliphatic carbocycles. The molecule has 48 heavy (non-hydrogen) atoms. The maximum absolute atomic E-state index is 17.1. The van der Waals surface area contributed by atoms with Gasteiger partial charge in [-0.15, -0.1) is 0 Å². The smallest absolute Gasteiger partial charge is 0.319 e. The Bertz CT molecular complexity index is 2040. The number of pyridine rings is 1. The van der Waals surface area contributed by atoms with E-state index in [2.05, 4.69) is 15.2 Å². The van der Waals surface area contributed by atoms with Crippen LogP contribution in [0.1, 0.15) is 44.6 Å². The Morgan fingerprint density at radius 3 is 2.85 bits per heavy atom. The summed E-state index contributed by atoms with van der Waals surface area (Å²) in [4.78, 5) is 18.3. The molecule has 0 spiro atoms. The van der Waals surface area contributed by atoms with Gasteiger partial charge in [-0.3, -0.25) is 4.90 Å². The Hall–Kier alpha value is -4.23. The SMILES string of the molecule is CCc1c(F)ccc2cc(O)cc(-c3nc4c5c(nc(OC[C@]67CCCN6CC(=C(F)F)C7)nc5c3F)N3C[C@H]5CC[C@H](N5)[C@H]3CO4)c12. The van der Waals surface area contributed by atoms with Crippen molar-refractivity contribution >= 4 is 27.5 Å². The van der Waals surface area contributed by atoms with E-state index < -0.39 is 23.3 Å². The van der Waals surface area contributed by atoms with Crippen LogP contribution >= 0.6 is 0 Å². The number of benzene rings is 2. The average molecular weight is 663 g/mol. The number of piperazine rings is 1. The van der Waals surface area contributed by atoms with E-state index in [1.54, 1.807) is 6.07 Å². The first kappa shape index (κ1) is 29.9. The van der Waals surface area contributed by atoms with Gasteiger partial charge < -0.3 is 24.8 Å². The van der Waals surface area contributed by atoms with Crippen molar-refractivity contribution in [2.75, 3.05) is 37.7 Å². The molecule has 0 amide bonds. The van der Waals surface area contributed by atoms with Crippen LogP contribution in [-0.2, 0) is 6.42 Å². The number of phenols is 1. The summed E-state index contributed by atoms with van der Waals surface area (Å²) in [7, 11) is 0. The Labute approximate surface area is 273 Å². The van der Waals surface area contributed by atoms with Crippen LogP contribution in [0.3, 0.4) is 0 Å². The van der Waals surface area contributed by atoms with Gasteiger partial charge in [0.1, 0.15) is 47.2 Å². The van der Waals surface area contributed by atoms with Gasteiger partial charge in [-0.05, 0) is 79.6 Å². The van der Waals surface area contributed by atoms with Crippen LogP contribution in [0.5, 0.6) is 17.6 Å². The minimum absolute atomic E-state index is 0.0635. The van der Waals surface area contributed by atoms with Gasteiger partial charge in [0.15, 0.2) is 5.82 Å². The number of aromatic hydroxyl groups is 1. The molecular weight excluding hydrogens is 628 g/mol. The first-order chi connectivity index (χ1) is 23.2. The molecule has 4 aromatic rings. The molecule has 13 heteroatoms. The number of anilines is 1. The van der Waals surface area contributed by atoms with E-state index in [0.29, 0.717) is 53.5 Å². The predicted molar refractivity (Wildman–Crippen MR) is 171 cm³/mol. The maximum atomic E-state index is 17.1. The lowest BCUT2D eigenvalue weighted by Gasteiger charge is -2.40. The number of halogens is 4. The van der Waals surface area contributed by atoms with E-state index in [1.165, 1.54) is 18.2 Å². The summed E-state index contributed by atoms with van der Waals surface area (Å²) in [6.45, 7) is 3.66. The summed E-state index contributed by atoms with van der Waals surface area (Å²) in [5, 5.41) is 15.6. The second-order valence-corrected chi connectivity index (χ2v) is 13.8. The third-order valence-electron chi connectivity index (χ3n) is 11.1. The van der Waals surface area contributed by atoms with E-state index in [9.17, 15) is 13.9 Å². The molecule has 0 unspecified atom stereocenters. The van der Waals surface area contributed by atoms with Gasteiger partial charge in [-0.2, -0.15) is 18.7 Å². The maximum Gasteiger partial charge on any atom is 0.319 e. The van der Waals surface area contributed by atoms with Crippen LogP contribution < -0.4 is 19.7 Å². The first-order valence-electron chi connectivity index (χ1n) is 16.6. The summed E-state index contributed by atoms with van der Waals surface area (Å²) in [5.74, 6) is -0.755. The number of hydrogen-bond donors (Lipinski definition) is 2. The number of nitrogens with zero attached hydrogens (tertiary/aromatic N) is 5. The highest BCUT2D eigenvalue weighted by molar-refractivity contribution is 6.03. The van der Waals surface area contributed by atoms with E-state index >= 15 is 8.78 Å². The normalized spacial score (nSPS) is 26.1. The molecule has 2 aromatic carbocycles. The molecule has 7 heterocycles. The van der Waals surface area contributed by atoms with Crippen molar-refractivity contribution in [3.05, 3.63) is 53.1 Å². The quantitative estimate of drug-likeness (QED) is 0.255. The van der Waals surface area contributed by atoms with Crippen molar-refractivity contribution in [3.8, 4) is 28.9 Å². The molecule has 2 bridgehead atoms. The molecule has 4 atom stereocenters. The standard InChI is InChI=1S/C35H34F4N6O3/c1-2-21-23(36)6-4-17-10-20(46)11-22(26(17)21)29-28(37)30-27-32(45-14-19-5-7-24(40-19)25(45)15-47-33(27)41-29)43-34(42-30)48-16-35-8-3-9-44(35)13-18(12-35)31(38)39/h4,6,10-11,19,24-25,40,46H,2-3,5,7-9,12-16H2,1H3/t19-,24+,25-,35-/m1/s1. The lowest BCUT2D eigenvalue weighted by Crippen LogP contribution is -2.60. The van der Waals surface area contributed by atoms with Crippen LogP contribution in [0.4, 0.5) is 23.4 Å². The average Bonchev–Trinajstić information content (AvgIpc) is 3.73. The van der Waals surface area contributed by atoms with E-state index in [-0.39, 0.29) is 84.3 Å². The Balaban J connectivity index is 1.23. The van der Waals surface area contributed by atoms with Crippen molar-refractivity contribution in [3.63, 3.8) is 0 Å². The van der Waals surface area contributed by atoms with Gasteiger partial charge in [0.25, 0.3) is 6.08 Å². The van der Waals surface area contributed by atoms with Crippen LogP contribution in [0.2, 0.25) is 0 Å². The van der Waals surface area contributed by atoms with Crippen molar-refractivity contribution < 1.29 is 32.1 Å². The molecule has 9 rings (SSSR count). The van der Waals surface area contributed by atoms with Crippen molar-refractivity contribution in [2.45, 2.75) is 69.1 Å². The largest absolute Gasteiger partial charge is 0.508 e. The number of aryl methyl sites for hydroxylation is 1.